The first kappa shape index (κ1) is 29.2. The maximum absolute atomic E-state index is 14.5. The minimum Gasteiger partial charge on any atom is -0.303 e. The number of carbonyl (C=O) groups is 2. The third-order valence-electron chi connectivity index (χ3n) is 13.2. The van der Waals surface area contributed by atoms with E-state index in [1.165, 1.54) is 0 Å². The third-order valence-corrected chi connectivity index (χ3v) is 13.6. The number of nitriles is 1. The minimum absolute atomic E-state index is 0.00283. The highest BCUT2D eigenvalue weighted by Crippen LogP contribution is 2.76. The second-order valence-corrected chi connectivity index (χ2v) is 17.1. The molecule has 39 heavy (non-hydrogen) atoms. The molecule has 4 fully saturated rings. The van der Waals surface area contributed by atoms with E-state index in [4.69, 9.17) is 4.52 Å². The summed E-state index contributed by atoms with van der Waals surface area (Å²) in [5.41, 5.74) is -1.73. The Balaban J connectivity index is 1.60. The van der Waals surface area contributed by atoms with Crippen molar-refractivity contribution in [3.63, 3.8) is 0 Å². The summed E-state index contributed by atoms with van der Waals surface area (Å²) >= 11 is 0. The van der Waals surface area contributed by atoms with Crippen LogP contribution in [0.2, 0.25) is 0 Å². The van der Waals surface area contributed by atoms with Crippen molar-refractivity contribution in [2.45, 2.75) is 99.8 Å². The largest absolute Gasteiger partial charge is 0.469 e. The lowest BCUT2D eigenvalue weighted by Crippen LogP contribution is -2.69. The first-order valence-corrected chi connectivity index (χ1v) is 16.2. The van der Waals surface area contributed by atoms with E-state index < -0.39 is 24.1 Å². The summed E-state index contributed by atoms with van der Waals surface area (Å²) in [5, 5.41) is 9.89. The zero-order valence-electron chi connectivity index (χ0n) is 24.7. The van der Waals surface area contributed by atoms with Gasteiger partial charge in [0.05, 0.1) is 12.2 Å². The Morgan fingerprint density at radius 2 is 1.62 bits per heavy atom. The van der Waals surface area contributed by atoms with Gasteiger partial charge >= 0.3 is 7.82 Å². The number of nitrogens with zero attached hydrogens (tertiary/aromatic N) is 1. The number of rotatable bonds is 3. The Bertz CT molecular complexity index is 1230. The van der Waals surface area contributed by atoms with Crippen molar-refractivity contribution in [3.8, 4) is 6.07 Å². The molecule has 216 valence electrons. The van der Waals surface area contributed by atoms with Crippen molar-refractivity contribution in [2.24, 2.45) is 56.2 Å². The number of ketones is 2. The fourth-order valence-electron chi connectivity index (χ4n) is 10.9. The normalized spacial score (nSPS) is 46.6. The van der Waals surface area contributed by atoms with Crippen LogP contribution in [-0.2, 0) is 18.7 Å². The van der Waals surface area contributed by atoms with Gasteiger partial charge in [-0.25, -0.2) is 4.57 Å². The van der Waals surface area contributed by atoms with E-state index in [9.17, 15) is 29.2 Å². The molecule has 0 heterocycles. The van der Waals surface area contributed by atoms with Crippen LogP contribution >= 0.6 is 7.82 Å². The van der Waals surface area contributed by atoms with E-state index in [0.717, 1.165) is 44.9 Å². The molecule has 0 aromatic rings. The molecule has 5 aliphatic rings. The number of hydrogen-bond donors (Lipinski definition) is 2. The van der Waals surface area contributed by atoms with E-state index in [2.05, 4.69) is 40.7 Å². The minimum atomic E-state index is -4.64. The monoisotopic (exact) mass is 559 g/mol. The average molecular weight is 560 g/mol. The number of carbonyl (C=O) groups excluding carboxylic acids is 2. The summed E-state index contributed by atoms with van der Waals surface area (Å²) in [6.45, 7) is 15.3. The highest BCUT2D eigenvalue weighted by molar-refractivity contribution is 7.46. The Labute approximate surface area is 233 Å². The van der Waals surface area contributed by atoms with Crippen LogP contribution in [0.4, 0.5) is 0 Å². The topological polar surface area (TPSA) is 125 Å². The van der Waals surface area contributed by atoms with E-state index in [1.807, 2.05) is 19.9 Å². The number of Topliss-reactive ketones (excluding diaryl/α,β-unsaturated/α-hetero) is 2. The van der Waals surface area contributed by atoms with Gasteiger partial charge in [-0.15, -0.1) is 0 Å². The molecule has 2 N–H and O–H groups in total. The molecule has 8 unspecified atom stereocenters. The molecule has 5 rings (SSSR count). The molecule has 0 spiro atoms. The van der Waals surface area contributed by atoms with E-state index in [-0.39, 0.29) is 63.7 Å². The van der Waals surface area contributed by atoms with Gasteiger partial charge in [0.25, 0.3) is 0 Å². The van der Waals surface area contributed by atoms with Gasteiger partial charge in [-0.2, -0.15) is 5.26 Å². The number of allylic oxidation sites excluding steroid dienone is 2. The van der Waals surface area contributed by atoms with Gasteiger partial charge in [-0.05, 0) is 89.8 Å². The van der Waals surface area contributed by atoms with E-state index in [1.54, 1.807) is 0 Å². The standard InChI is InChI=1S/C31H46NO6P/c1-26(2)10-12-31(18-38-39(35,36)37)13-11-30(7)24(20(31)16-26)21(33)14-23-28(5)15-19(17-32)25(34)27(3,4)22(28)8-9-29(23,30)6/h15,20,22-24H,8-14,16,18H2,1-7H3,(H2,35,36,37). The molecule has 8 atom stereocenters. The lowest BCUT2D eigenvalue weighted by Gasteiger charge is -2.72. The molecule has 4 saturated carbocycles. The third kappa shape index (κ3) is 4.03. The van der Waals surface area contributed by atoms with Gasteiger partial charge in [0.2, 0.25) is 0 Å². The lowest BCUT2D eigenvalue weighted by atomic mass is 9.31. The molecule has 0 bridgehead atoms. The van der Waals surface area contributed by atoms with Gasteiger partial charge in [0.1, 0.15) is 11.9 Å². The second kappa shape index (κ2) is 8.60. The maximum Gasteiger partial charge on any atom is 0.469 e. The van der Waals surface area contributed by atoms with Gasteiger partial charge in [0, 0.05) is 17.8 Å². The summed E-state index contributed by atoms with van der Waals surface area (Å²) in [4.78, 5) is 46.9. The summed E-state index contributed by atoms with van der Waals surface area (Å²) in [7, 11) is -4.64. The number of phosphoric acid groups is 1. The fraction of sp³-hybridized carbons (Fsp3) is 0.839. The van der Waals surface area contributed by atoms with Crippen molar-refractivity contribution < 1.29 is 28.5 Å². The first-order valence-electron chi connectivity index (χ1n) is 14.7. The Morgan fingerprint density at radius 3 is 2.23 bits per heavy atom. The zero-order chi connectivity index (χ0) is 29.0. The van der Waals surface area contributed by atoms with E-state index in [0.29, 0.717) is 6.42 Å². The van der Waals surface area contributed by atoms with Crippen LogP contribution in [0.3, 0.4) is 0 Å². The summed E-state index contributed by atoms with van der Waals surface area (Å²) in [5.74, 6) is 0.0325. The highest BCUT2D eigenvalue weighted by atomic mass is 31.2. The molecule has 8 heteroatoms. The molecule has 0 aromatic carbocycles. The molecule has 0 amide bonds. The first-order chi connectivity index (χ1) is 17.8. The number of fused-ring (bicyclic) bond motifs is 7. The molecule has 5 aliphatic carbocycles. The SMILES string of the molecule is CC1(C)CCC2(COP(=O)(O)O)CCC3(C)C(C(=O)CC4C5(C)C=C(C#N)C(=O)C(C)(C)C5CCC43C)C2C1. The molecule has 0 radical (unpaired) electrons. The number of hydrogen-bond acceptors (Lipinski definition) is 5. The Morgan fingerprint density at radius 1 is 0.974 bits per heavy atom. The predicted molar refractivity (Wildman–Crippen MR) is 147 cm³/mol. The van der Waals surface area contributed by atoms with Crippen LogP contribution < -0.4 is 0 Å². The van der Waals surface area contributed by atoms with Crippen LogP contribution in [0.5, 0.6) is 0 Å². The molecule has 7 nitrogen and oxygen atoms in total. The van der Waals surface area contributed by atoms with Crippen LogP contribution in [0, 0.1) is 67.5 Å². The van der Waals surface area contributed by atoms with Crippen molar-refractivity contribution in [2.75, 3.05) is 6.61 Å². The van der Waals surface area contributed by atoms with Crippen molar-refractivity contribution in [3.05, 3.63) is 11.6 Å². The Hall–Kier alpha value is -1.32. The predicted octanol–water partition coefficient (Wildman–Crippen LogP) is 6.40. The van der Waals surface area contributed by atoms with Crippen LogP contribution in [0.15, 0.2) is 11.6 Å². The van der Waals surface area contributed by atoms with Gasteiger partial charge in [0.15, 0.2) is 5.78 Å². The summed E-state index contributed by atoms with van der Waals surface area (Å²) in [6.07, 6.45) is 8.29. The zero-order valence-corrected chi connectivity index (χ0v) is 25.6. The van der Waals surface area contributed by atoms with Crippen molar-refractivity contribution >= 4 is 19.4 Å². The number of phosphoric ester groups is 1. The van der Waals surface area contributed by atoms with Crippen molar-refractivity contribution in [1.82, 2.24) is 0 Å². The van der Waals surface area contributed by atoms with Gasteiger partial charge in [-0.3, -0.25) is 14.1 Å². The molecule has 0 aromatic heterocycles. The summed E-state index contributed by atoms with van der Waals surface area (Å²) in [6, 6.07) is 2.18. The maximum atomic E-state index is 14.5. The smallest absolute Gasteiger partial charge is 0.303 e. The average Bonchev–Trinajstić information content (AvgIpc) is 2.81. The van der Waals surface area contributed by atoms with Crippen LogP contribution in [0.25, 0.3) is 0 Å². The molecule has 0 aliphatic heterocycles. The van der Waals surface area contributed by atoms with E-state index >= 15 is 0 Å². The quantitative estimate of drug-likeness (QED) is 0.384. The second-order valence-electron chi connectivity index (χ2n) is 15.8. The summed E-state index contributed by atoms with van der Waals surface area (Å²) < 4.78 is 17.0. The van der Waals surface area contributed by atoms with Crippen LogP contribution in [0.1, 0.15) is 99.8 Å². The molecule has 0 saturated heterocycles. The van der Waals surface area contributed by atoms with Gasteiger partial charge in [-0.1, -0.05) is 54.5 Å². The fourth-order valence-corrected chi connectivity index (χ4v) is 11.3. The highest BCUT2D eigenvalue weighted by Gasteiger charge is 2.72. The lowest BCUT2D eigenvalue weighted by molar-refractivity contribution is -0.225. The molecular formula is C31H46NO6P. The molecular weight excluding hydrogens is 513 g/mol. The van der Waals surface area contributed by atoms with Crippen LogP contribution in [-0.4, -0.2) is 28.0 Å². The van der Waals surface area contributed by atoms with Gasteiger partial charge < -0.3 is 9.79 Å². The van der Waals surface area contributed by atoms with Crippen molar-refractivity contribution in [1.29, 1.82) is 5.26 Å². The Kier molecular flexibility index (Phi) is 6.44.